The summed E-state index contributed by atoms with van der Waals surface area (Å²) in [5, 5.41) is 9.48. The molecule has 0 spiro atoms. The van der Waals surface area contributed by atoms with Gasteiger partial charge in [0, 0.05) is 5.56 Å². The average Bonchev–Trinajstić information content (AvgIpc) is 2.46. The second-order valence-electron chi connectivity index (χ2n) is 4.29. The van der Waals surface area contributed by atoms with Gasteiger partial charge in [-0.1, -0.05) is 17.7 Å². The van der Waals surface area contributed by atoms with E-state index >= 15 is 0 Å². The summed E-state index contributed by atoms with van der Waals surface area (Å²) < 4.78 is 24.6. The Balaban J connectivity index is 2.23. The predicted octanol–water partition coefficient (Wildman–Crippen LogP) is 4.32. The zero-order valence-corrected chi connectivity index (χ0v) is 13.5. The number of hydrogen-bond donors (Lipinski definition) is 1. The van der Waals surface area contributed by atoms with Crippen molar-refractivity contribution in [3.8, 4) is 11.5 Å². The fourth-order valence-electron chi connectivity index (χ4n) is 1.79. The summed E-state index contributed by atoms with van der Waals surface area (Å²) in [7, 11) is 1.51. The summed E-state index contributed by atoms with van der Waals surface area (Å²) in [5.74, 6) is 0.594. The molecule has 0 amide bonds. The Bertz CT molecular complexity index is 649. The Hall–Kier alpha value is -1.30. The van der Waals surface area contributed by atoms with Crippen LogP contribution >= 0.6 is 27.5 Å². The monoisotopic (exact) mass is 374 g/mol. The molecule has 0 bridgehead atoms. The van der Waals surface area contributed by atoms with Gasteiger partial charge in [0.25, 0.3) is 0 Å². The van der Waals surface area contributed by atoms with Gasteiger partial charge < -0.3 is 14.6 Å². The first-order valence-electron chi connectivity index (χ1n) is 6.09. The molecule has 2 aromatic carbocycles. The maximum atomic E-state index is 13.0. The van der Waals surface area contributed by atoms with Gasteiger partial charge in [0.2, 0.25) is 0 Å². The average molecular weight is 376 g/mol. The number of aliphatic hydroxyl groups excluding tert-OH is 1. The second-order valence-corrected chi connectivity index (χ2v) is 5.55. The molecule has 0 unspecified atom stereocenters. The van der Waals surface area contributed by atoms with Crippen LogP contribution in [0.15, 0.2) is 34.8 Å². The minimum atomic E-state index is -0.394. The number of benzene rings is 2. The lowest BCUT2D eigenvalue weighted by atomic mass is 10.2. The van der Waals surface area contributed by atoms with Gasteiger partial charge >= 0.3 is 0 Å². The van der Waals surface area contributed by atoms with Crippen LogP contribution < -0.4 is 9.47 Å². The molecule has 1 N–H and O–H groups in total. The van der Waals surface area contributed by atoms with Crippen LogP contribution in [0.25, 0.3) is 0 Å². The summed E-state index contributed by atoms with van der Waals surface area (Å²) in [6, 6.07) is 7.56. The lowest BCUT2D eigenvalue weighted by molar-refractivity contribution is 0.273. The number of aliphatic hydroxyl groups is 1. The van der Waals surface area contributed by atoms with Crippen LogP contribution in [0, 0.1) is 5.82 Å². The van der Waals surface area contributed by atoms with Gasteiger partial charge in [0.05, 0.1) is 23.2 Å². The lowest BCUT2D eigenvalue weighted by Crippen LogP contribution is -2.00. The van der Waals surface area contributed by atoms with E-state index in [0.717, 1.165) is 0 Å². The second kappa shape index (κ2) is 7.11. The summed E-state index contributed by atoms with van der Waals surface area (Å²) in [5.41, 5.74) is 1.36. The fourth-order valence-corrected chi connectivity index (χ4v) is 2.62. The molecule has 3 nitrogen and oxygen atoms in total. The summed E-state index contributed by atoms with van der Waals surface area (Å²) in [6.45, 7) is 0.0750. The molecule has 21 heavy (non-hydrogen) atoms. The van der Waals surface area contributed by atoms with Crippen molar-refractivity contribution in [2.45, 2.75) is 13.2 Å². The Labute approximate surface area is 135 Å². The molecule has 0 fully saturated rings. The van der Waals surface area contributed by atoms with Crippen LogP contribution in [0.2, 0.25) is 5.02 Å². The third kappa shape index (κ3) is 3.87. The van der Waals surface area contributed by atoms with Crippen LogP contribution in [0.3, 0.4) is 0 Å². The van der Waals surface area contributed by atoms with Crippen LogP contribution in [-0.2, 0) is 13.2 Å². The highest BCUT2D eigenvalue weighted by atomic mass is 79.9. The molecule has 112 valence electrons. The highest BCUT2D eigenvalue weighted by Gasteiger charge is 2.12. The van der Waals surface area contributed by atoms with Gasteiger partial charge in [-0.25, -0.2) is 4.39 Å². The van der Waals surface area contributed by atoms with E-state index in [2.05, 4.69) is 15.9 Å². The molecule has 0 atom stereocenters. The molecule has 2 rings (SSSR count). The Morgan fingerprint density at radius 2 is 2.05 bits per heavy atom. The zero-order valence-electron chi connectivity index (χ0n) is 11.2. The van der Waals surface area contributed by atoms with E-state index in [1.807, 2.05) is 0 Å². The van der Waals surface area contributed by atoms with Crippen molar-refractivity contribution in [3.05, 3.63) is 56.8 Å². The number of hydrogen-bond acceptors (Lipinski definition) is 3. The molecule has 0 aliphatic heterocycles. The molecule has 0 aliphatic carbocycles. The van der Waals surface area contributed by atoms with Crippen molar-refractivity contribution < 1.29 is 19.0 Å². The molecule has 0 radical (unpaired) electrons. The van der Waals surface area contributed by atoms with Crippen molar-refractivity contribution in [2.75, 3.05) is 7.11 Å². The fraction of sp³-hybridized carbons (Fsp3) is 0.200. The minimum absolute atomic E-state index is 0.0982. The third-order valence-electron chi connectivity index (χ3n) is 2.86. The van der Waals surface area contributed by atoms with Gasteiger partial charge in [-0.2, -0.15) is 0 Å². The summed E-state index contributed by atoms with van der Waals surface area (Å²) in [6.07, 6.45) is 0. The predicted molar refractivity (Wildman–Crippen MR) is 82.4 cm³/mol. The maximum absolute atomic E-state index is 13.0. The van der Waals surface area contributed by atoms with Crippen LogP contribution in [-0.4, -0.2) is 12.2 Å². The Kier molecular flexibility index (Phi) is 5.45. The first-order chi connectivity index (χ1) is 10.0. The van der Waals surface area contributed by atoms with E-state index < -0.39 is 5.82 Å². The molecule has 0 heterocycles. The smallest absolute Gasteiger partial charge is 0.175 e. The summed E-state index contributed by atoms with van der Waals surface area (Å²) in [4.78, 5) is 0. The maximum Gasteiger partial charge on any atom is 0.175 e. The molecule has 0 saturated heterocycles. The van der Waals surface area contributed by atoms with Crippen molar-refractivity contribution in [1.29, 1.82) is 0 Å². The van der Waals surface area contributed by atoms with Crippen LogP contribution in [0.4, 0.5) is 4.39 Å². The molecule has 0 aromatic heterocycles. The highest BCUT2D eigenvalue weighted by molar-refractivity contribution is 9.10. The molecular formula is C15H13BrClFO3. The third-order valence-corrected chi connectivity index (χ3v) is 3.80. The van der Waals surface area contributed by atoms with E-state index in [9.17, 15) is 9.50 Å². The van der Waals surface area contributed by atoms with E-state index in [1.165, 1.54) is 19.2 Å². The van der Waals surface area contributed by atoms with Gasteiger partial charge in [0.15, 0.2) is 11.5 Å². The quantitative estimate of drug-likeness (QED) is 0.846. The topological polar surface area (TPSA) is 38.7 Å². The van der Waals surface area contributed by atoms with Crippen molar-refractivity contribution in [3.63, 3.8) is 0 Å². The van der Waals surface area contributed by atoms with Gasteiger partial charge in [0.1, 0.15) is 12.4 Å². The van der Waals surface area contributed by atoms with Crippen molar-refractivity contribution >= 4 is 27.5 Å². The lowest BCUT2D eigenvalue weighted by Gasteiger charge is -2.14. The minimum Gasteiger partial charge on any atom is -0.493 e. The SMILES string of the molecule is COc1cc(CO)cc(Br)c1OCc1ccc(F)cc1Cl. The molecule has 2 aromatic rings. The number of methoxy groups -OCH3 is 1. The number of rotatable bonds is 5. The highest BCUT2D eigenvalue weighted by Crippen LogP contribution is 2.37. The van der Waals surface area contributed by atoms with Gasteiger partial charge in [-0.3, -0.25) is 0 Å². The Morgan fingerprint density at radius 3 is 2.67 bits per heavy atom. The molecule has 0 aliphatic rings. The van der Waals surface area contributed by atoms with Gasteiger partial charge in [-0.05, 0) is 45.8 Å². The standard InChI is InChI=1S/C15H13BrClFO3/c1-20-14-5-9(7-19)4-12(16)15(14)21-8-10-2-3-11(18)6-13(10)17/h2-6,19H,7-8H2,1H3. The molecular weight excluding hydrogens is 363 g/mol. The van der Waals surface area contributed by atoms with E-state index in [1.54, 1.807) is 18.2 Å². The van der Waals surface area contributed by atoms with E-state index in [-0.39, 0.29) is 13.2 Å². The van der Waals surface area contributed by atoms with Crippen LogP contribution in [0.1, 0.15) is 11.1 Å². The van der Waals surface area contributed by atoms with E-state index in [0.29, 0.717) is 32.1 Å². The summed E-state index contributed by atoms with van der Waals surface area (Å²) >= 11 is 9.34. The largest absolute Gasteiger partial charge is 0.493 e. The number of ether oxygens (including phenoxy) is 2. The van der Waals surface area contributed by atoms with Gasteiger partial charge in [-0.15, -0.1) is 0 Å². The Morgan fingerprint density at radius 1 is 1.29 bits per heavy atom. The zero-order chi connectivity index (χ0) is 15.4. The van der Waals surface area contributed by atoms with E-state index in [4.69, 9.17) is 21.1 Å². The molecule has 6 heteroatoms. The first-order valence-corrected chi connectivity index (χ1v) is 7.26. The normalized spacial score (nSPS) is 10.5. The molecule has 0 saturated carbocycles. The van der Waals surface area contributed by atoms with Crippen molar-refractivity contribution in [2.24, 2.45) is 0 Å². The van der Waals surface area contributed by atoms with Crippen molar-refractivity contribution in [1.82, 2.24) is 0 Å². The number of halogens is 3. The first kappa shape index (κ1) is 16.1. The van der Waals surface area contributed by atoms with Crippen LogP contribution in [0.5, 0.6) is 11.5 Å².